The van der Waals surface area contributed by atoms with Crippen LogP contribution in [0, 0.1) is 23.2 Å². The molecule has 0 aromatic carbocycles. The fourth-order valence-electron chi connectivity index (χ4n) is 7.51. The normalized spacial score (nSPS) is 38.1. The minimum atomic E-state index is -0.332. The van der Waals surface area contributed by atoms with E-state index in [1.54, 1.807) is 0 Å². The average Bonchev–Trinajstić information content (AvgIpc) is 2.64. The van der Waals surface area contributed by atoms with Gasteiger partial charge < -0.3 is 20.9 Å². The molecule has 0 aromatic heterocycles. The predicted octanol–water partition coefficient (Wildman–Crippen LogP) is 3.82. The van der Waals surface area contributed by atoms with Crippen molar-refractivity contribution in [1.29, 1.82) is 0 Å². The van der Waals surface area contributed by atoms with Crippen LogP contribution in [-0.2, 0) is 4.79 Å². The first-order valence-electron chi connectivity index (χ1n) is 12.6. The molecule has 5 aliphatic rings. The van der Waals surface area contributed by atoms with Crippen LogP contribution in [0.2, 0.25) is 0 Å². The summed E-state index contributed by atoms with van der Waals surface area (Å²) in [5.74, 6) is 2.60. The first kappa shape index (κ1) is 23.3. The first-order valence-corrected chi connectivity index (χ1v) is 13.0. The second kappa shape index (κ2) is 8.81. The molecule has 0 heterocycles. The molecule has 6 heteroatoms. The summed E-state index contributed by atoms with van der Waals surface area (Å²) in [4.78, 5) is 15.9. The second-order valence-electron chi connectivity index (χ2n) is 12.5. The fraction of sp³-hybridized carbons (Fsp3) is 0.920. The Morgan fingerprint density at radius 1 is 1.00 bits per heavy atom. The number of hydrogen-bond acceptors (Lipinski definition) is 3. The smallest absolute Gasteiger partial charge is 0.243 e. The highest BCUT2D eigenvalue weighted by Gasteiger charge is 2.52. The molecular weight excluding hydrogens is 404 g/mol. The number of nitrogens with zero attached hydrogens (tertiary/aromatic N) is 1. The van der Waals surface area contributed by atoms with E-state index < -0.39 is 0 Å². The van der Waals surface area contributed by atoms with E-state index in [4.69, 9.17) is 12.2 Å². The lowest BCUT2D eigenvalue weighted by molar-refractivity contribution is -0.130. The molecule has 1 amide bonds. The molecule has 0 aliphatic heterocycles. The lowest BCUT2D eigenvalue weighted by atomic mass is 9.53. The van der Waals surface area contributed by atoms with E-state index in [1.165, 1.54) is 57.8 Å². The van der Waals surface area contributed by atoms with Crippen LogP contribution in [0.3, 0.4) is 0 Å². The molecule has 4 bridgehead atoms. The Morgan fingerprint density at radius 3 is 2.06 bits per heavy atom. The lowest BCUT2D eigenvalue weighted by Gasteiger charge is -2.57. The highest BCUT2D eigenvalue weighted by molar-refractivity contribution is 7.80. The van der Waals surface area contributed by atoms with E-state index in [2.05, 4.69) is 55.7 Å². The zero-order chi connectivity index (χ0) is 22.4. The molecule has 5 fully saturated rings. The summed E-state index contributed by atoms with van der Waals surface area (Å²) < 4.78 is 0. The van der Waals surface area contributed by atoms with Crippen LogP contribution >= 0.6 is 12.2 Å². The topological polar surface area (TPSA) is 56.4 Å². The van der Waals surface area contributed by atoms with Crippen molar-refractivity contribution in [3.63, 3.8) is 0 Å². The van der Waals surface area contributed by atoms with E-state index in [1.807, 2.05) is 0 Å². The van der Waals surface area contributed by atoms with Gasteiger partial charge in [0.2, 0.25) is 5.91 Å². The predicted molar refractivity (Wildman–Crippen MR) is 131 cm³/mol. The Labute approximate surface area is 194 Å². The van der Waals surface area contributed by atoms with Gasteiger partial charge in [0.25, 0.3) is 0 Å². The SMILES string of the molecule is CN(C)[C@@H]1CCCC[C@H]1NC(=S)N[C@H](C(=O)NC12CC3CC(CC(C3)C1)C2)C(C)(C)C. The van der Waals surface area contributed by atoms with E-state index in [0.717, 1.165) is 24.2 Å². The molecule has 0 saturated heterocycles. The molecule has 5 nitrogen and oxygen atoms in total. The van der Waals surface area contributed by atoms with E-state index >= 15 is 0 Å². The molecule has 0 spiro atoms. The maximum absolute atomic E-state index is 13.6. The number of carbonyl (C=O) groups excluding carboxylic acids is 1. The quantitative estimate of drug-likeness (QED) is 0.558. The summed E-state index contributed by atoms with van der Waals surface area (Å²) in [6, 6.07) is 0.500. The van der Waals surface area contributed by atoms with Gasteiger partial charge in [0, 0.05) is 17.6 Å². The highest BCUT2D eigenvalue weighted by atomic mass is 32.1. The molecule has 3 N–H and O–H groups in total. The Bertz CT molecular complexity index is 650. The van der Waals surface area contributed by atoms with Gasteiger partial charge in [-0.25, -0.2) is 0 Å². The van der Waals surface area contributed by atoms with Gasteiger partial charge in [0.15, 0.2) is 5.11 Å². The van der Waals surface area contributed by atoms with Crippen molar-refractivity contribution in [2.75, 3.05) is 14.1 Å². The molecule has 0 radical (unpaired) electrons. The van der Waals surface area contributed by atoms with Crippen LogP contribution in [0.5, 0.6) is 0 Å². The van der Waals surface area contributed by atoms with Crippen molar-refractivity contribution >= 4 is 23.2 Å². The number of amides is 1. The highest BCUT2D eigenvalue weighted by Crippen LogP contribution is 2.55. The Morgan fingerprint density at radius 2 is 1.55 bits per heavy atom. The molecule has 5 saturated carbocycles. The van der Waals surface area contributed by atoms with Crippen molar-refractivity contribution in [2.45, 2.75) is 109 Å². The summed E-state index contributed by atoms with van der Waals surface area (Å²) in [6.45, 7) is 6.40. The van der Waals surface area contributed by atoms with Crippen molar-refractivity contribution in [2.24, 2.45) is 23.2 Å². The summed E-state index contributed by atoms with van der Waals surface area (Å²) in [6.07, 6.45) is 12.5. The molecule has 176 valence electrons. The zero-order valence-corrected chi connectivity index (χ0v) is 21.1. The molecule has 0 unspecified atom stereocenters. The van der Waals surface area contributed by atoms with Gasteiger partial charge in [-0.3, -0.25) is 4.79 Å². The van der Waals surface area contributed by atoms with E-state index in [-0.39, 0.29) is 22.9 Å². The summed E-state index contributed by atoms with van der Waals surface area (Å²) in [7, 11) is 4.30. The number of likely N-dealkylation sites (N-methyl/N-ethyl adjacent to an activating group) is 1. The van der Waals surface area contributed by atoms with Gasteiger partial charge in [0.05, 0.1) is 0 Å². The van der Waals surface area contributed by atoms with Crippen LogP contribution in [0.1, 0.15) is 85.0 Å². The van der Waals surface area contributed by atoms with Crippen molar-refractivity contribution < 1.29 is 4.79 Å². The Hall–Kier alpha value is -0.880. The van der Waals surface area contributed by atoms with Gasteiger partial charge in [-0.15, -0.1) is 0 Å². The molecule has 31 heavy (non-hydrogen) atoms. The van der Waals surface area contributed by atoms with Crippen LogP contribution < -0.4 is 16.0 Å². The van der Waals surface area contributed by atoms with Crippen molar-refractivity contribution in [1.82, 2.24) is 20.9 Å². The number of hydrogen-bond donors (Lipinski definition) is 3. The molecule has 5 aliphatic carbocycles. The van der Waals surface area contributed by atoms with Gasteiger partial charge in [0.1, 0.15) is 6.04 Å². The standard InChI is InChI=1S/C25H44N4OS/c1-24(2,3)21(27-23(31)26-19-8-6-7-9-20(19)29(4)5)22(30)28-25-13-16-10-17(14-25)12-18(11-16)15-25/h16-21H,6-15H2,1-5H3,(H,28,30)(H2,26,27,31)/t16?,17?,18?,19-,20-,21-,25?/m1/s1. The minimum absolute atomic E-state index is 0.0332. The van der Waals surface area contributed by atoms with Gasteiger partial charge in [-0.2, -0.15) is 0 Å². The molecule has 3 atom stereocenters. The number of carbonyl (C=O) groups is 1. The van der Waals surface area contributed by atoms with Crippen molar-refractivity contribution in [3.8, 4) is 0 Å². The summed E-state index contributed by atoms with van der Waals surface area (Å²) in [5, 5.41) is 11.2. The largest absolute Gasteiger partial charge is 0.358 e. The maximum Gasteiger partial charge on any atom is 0.243 e. The molecule has 0 aromatic rings. The van der Waals surface area contributed by atoms with Gasteiger partial charge >= 0.3 is 0 Å². The zero-order valence-electron chi connectivity index (χ0n) is 20.3. The van der Waals surface area contributed by atoms with E-state index in [0.29, 0.717) is 17.2 Å². The third-order valence-electron chi connectivity index (χ3n) is 8.54. The minimum Gasteiger partial charge on any atom is -0.358 e. The third kappa shape index (κ3) is 5.21. The fourth-order valence-corrected chi connectivity index (χ4v) is 7.78. The van der Waals surface area contributed by atoms with Gasteiger partial charge in [-0.1, -0.05) is 33.6 Å². The monoisotopic (exact) mass is 448 g/mol. The number of rotatable bonds is 5. The number of thiocarbonyl (C=S) groups is 1. The maximum atomic E-state index is 13.6. The van der Waals surface area contributed by atoms with Crippen LogP contribution in [0.4, 0.5) is 0 Å². The van der Waals surface area contributed by atoms with Crippen LogP contribution in [0.15, 0.2) is 0 Å². The Balaban J connectivity index is 1.40. The molecular formula is C25H44N4OS. The Kier molecular flexibility index (Phi) is 6.62. The lowest BCUT2D eigenvalue weighted by Crippen LogP contribution is -2.65. The third-order valence-corrected chi connectivity index (χ3v) is 8.78. The summed E-state index contributed by atoms with van der Waals surface area (Å²) >= 11 is 5.73. The second-order valence-corrected chi connectivity index (χ2v) is 12.9. The molecule has 5 rings (SSSR count). The average molecular weight is 449 g/mol. The van der Waals surface area contributed by atoms with Gasteiger partial charge in [-0.05, 0) is 101 Å². The van der Waals surface area contributed by atoms with Crippen LogP contribution in [-0.4, -0.2) is 53.7 Å². The summed E-state index contributed by atoms with van der Waals surface area (Å²) in [5.41, 5.74) is -0.183. The van der Waals surface area contributed by atoms with Crippen LogP contribution in [0.25, 0.3) is 0 Å². The first-order chi connectivity index (χ1) is 14.5. The van der Waals surface area contributed by atoms with E-state index in [9.17, 15) is 4.79 Å². The number of nitrogens with one attached hydrogen (secondary N) is 3. The van der Waals surface area contributed by atoms with Crippen molar-refractivity contribution in [3.05, 3.63) is 0 Å².